The number of aryl methyl sites for hydroxylation is 2. The maximum absolute atomic E-state index is 12.3. The monoisotopic (exact) mass is 341 g/mol. The molecule has 2 aromatic rings. The van der Waals surface area contributed by atoms with Crippen molar-refractivity contribution in [1.82, 2.24) is 20.0 Å². The van der Waals surface area contributed by atoms with Gasteiger partial charge in [0.05, 0.1) is 6.20 Å². The fourth-order valence-corrected chi connectivity index (χ4v) is 3.47. The summed E-state index contributed by atoms with van der Waals surface area (Å²) >= 11 is 0. The van der Waals surface area contributed by atoms with E-state index >= 15 is 0 Å². The third-order valence-electron chi connectivity index (χ3n) is 5.27. The molecule has 0 radical (unpaired) electrons. The molecule has 8 heteroatoms. The van der Waals surface area contributed by atoms with E-state index in [0.29, 0.717) is 18.9 Å². The van der Waals surface area contributed by atoms with E-state index in [-0.39, 0.29) is 17.5 Å². The summed E-state index contributed by atoms with van der Waals surface area (Å²) < 4.78 is 1.52. The number of hydrogen-bond acceptors (Lipinski definition) is 5. The molecule has 4 rings (SSSR count). The second-order valence-electron chi connectivity index (χ2n) is 6.83. The number of aromatic nitrogens is 4. The van der Waals surface area contributed by atoms with Crippen LogP contribution in [0.4, 0.5) is 5.82 Å². The molecular weight excluding hydrogens is 322 g/mol. The molecule has 0 bridgehead atoms. The molecule has 0 spiro atoms. The lowest BCUT2D eigenvalue weighted by atomic mass is 10.0. The molecule has 0 unspecified atom stereocenters. The van der Waals surface area contributed by atoms with Crippen molar-refractivity contribution in [3.8, 4) is 0 Å². The molecule has 1 aliphatic carbocycles. The van der Waals surface area contributed by atoms with Gasteiger partial charge in [0.25, 0.3) is 0 Å². The van der Waals surface area contributed by atoms with Crippen LogP contribution in [-0.2, 0) is 17.8 Å². The van der Waals surface area contributed by atoms with Crippen molar-refractivity contribution in [1.29, 1.82) is 0 Å². The topological polar surface area (TPSA) is 101 Å². The number of anilines is 1. The molecule has 1 saturated carbocycles. The number of carbonyl (C=O) groups excluding carboxylic acids is 1. The van der Waals surface area contributed by atoms with E-state index in [0.717, 1.165) is 35.5 Å². The molecule has 1 aliphatic heterocycles. The van der Waals surface area contributed by atoms with Gasteiger partial charge >= 0.3 is 5.97 Å². The van der Waals surface area contributed by atoms with Crippen LogP contribution in [0.25, 0.3) is 0 Å². The predicted octanol–water partition coefficient (Wildman–Crippen LogP) is 1.21. The van der Waals surface area contributed by atoms with Crippen LogP contribution >= 0.6 is 0 Å². The van der Waals surface area contributed by atoms with Crippen LogP contribution in [0.1, 0.15) is 33.6 Å². The zero-order chi connectivity index (χ0) is 17.7. The smallest absolute Gasteiger partial charge is 0.358 e. The van der Waals surface area contributed by atoms with Gasteiger partial charge in [-0.25, -0.2) is 9.78 Å². The fraction of sp³-hybridized carbons (Fsp3) is 0.471. The number of carboxylic acid groups (broad SMARTS) is 1. The van der Waals surface area contributed by atoms with E-state index in [1.165, 1.54) is 10.9 Å². The first-order valence-electron chi connectivity index (χ1n) is 8.35. The molecule has 0 aromatic carbocycles. The van der Waals surface area contributed by atoms with Crippen LogP contribution in [-0.4, -0.2) is 43.5 Å². The second kappa shape index (κ2) is 5.65. The Morgan fingerprint density at radius 1 is 1.36 bits per heavy atom. The number of aromatic carboxylic acids is 1. The number of amides is 1. The Bertz CT molecular complexity index is 875. The average Bonchev–Trinajstić information content (AvgIpc) is 3.05. The molecular formula is C17H19N5O3. The Hall–Kier alpha value is -2.77. The van der Waals surface area contributed by atoms with Crippen LogP contribution in [0.3, 0.4) is 0 Å². The van der Waals surface area contributed by atoms with Crippen molar-refractivity contribution in [3.63, 3.8) is 0 Å². The zero-order valence-electron chi connectivity index (χ0n) is 14.1. The molecule has 2 atom stereocenters. The van der Waals surface area contributed by atoms with Crippen molar-refractivity contribution in [2.45, 2.75) is 33.2 Å². The van der Waals surface area contributed by atoms with Crippen LogP contribution in [0.2, 0.25) is 0 Å². The van der Waals surface area contributed by atoms with Crippen molar-refractivity contribution in [3.05, 3.63) is 34.8 Å². The number of carboxylic acids is 1. The number of piperidine rings is 1. The molecule has 3 heterocycles. The Labute approximate surface area is 144 Å². The van der Waals surface area contributed by atoms with E-state index < -0.39 is 5.97 Å². The SMILES string of the molecule is Cc1c(CCn2cc(C(=O)O)nn2)cnc(N2C[C@H]3C[C@H]3C2=O)c1C. The summed E-state index contributed by atoms with van der Waals surface area (Å²) in [5.74, 6) is 0.628. The molecule has 8 nitrogen and oxygen atoms in total. The van der Waals surface area contributed by atoms with E-state index in [9.17, 15) is 9.59 Å². The molecule has 1 N–H and O–H groups in total. The van der Waals surface area contributed by atoms with Gasteiger partial charge in [-0.15, -0.1) is 5.10 Å². The number of pyridine rings is 1. The van der Waals surface area contributed by atoms with E-state index in [2.05, 4.69) is 15.3 Å². The summed E-state index contributed by atoms with van der Waals surface area (Å²) in [4.78, 5) is 29.5. The largest absolute Gasteiger partial charge is 0.476 e. The Balaban J connectivity index is 1.50. The molecule has 2 aliphatic rings. The third kappa shape index (κ3) is 2.67. The minimum absolute atomic E-state index is 0.0625. The van der Waals surface area contributed by atoms with Gasteiger partial charge < -0.3 is 5.11 Å². The Morgan fingerprint density at radius 2 is 2.16 bits per heavy atom. The maximum Gasteiger partial charge on any atom is 0.358 e. The van der Waals surface area contributed by atoms with Crippen molar-refractivity contribution in [2.75, 3.05) is 11.4 Å². The summed E-state index contributed by atoms with van der Waals surface area (Å²) in [5, 5.41) is 16.3. The van der Waals surface area contributed by atoms with E-state index in [1.54, 1.807) is 0 Å². The minimum Gasteiger partial charge on any atom is -0.476 e. The van der Waals surface area contributed by atoms with Crippen molar-refractivity contribution >= 4 is 17.7 Å². The number of hydrogen-bond donors (Lipinski definition) is 1. The Morgan fingerprint density at radius 3 is 2.80 bits per heavy atom. The minimum atomic E-state index is -1.09. The lowest BCUT2D eigenvalue weighted by molar-refractivity contribution is -0.118. The highest BCUT2D eigenvalue weighted by atomic mass is 16.4. The number of nitrogens with zero attached hydrogens (tertiary/aromatic N) is 5. The van der Waals surface area contributed by atoms with Gasteiger partial charge in [0.2, 0.25) is 5.91 Å². The highest BCUT2D eigenvalue weighted by Gasteiger charge is 2.53. The average molecular weight is 341 g/mol. The summed E-state index contributed by atoms with van der Waals surface area (Å²) in [5.41, 5.74) is 3.13. The van der Waals surface area contributed by atoms with Gasteiger partial charge in [-0.05, 0) is 49.3 Å². The molecule has 1 amide bonds. The van der Waals surface area contributed by atoms with E-state index in [1.807, 2.05) is 24.9 Å². The quantitative estimate of drug-likeness (QED) is 0.877. The highest BCUT2D eigenvalue weighted by Crippen LogP contribution is 2.47. The fourth-order valence-electron chi connectivity index (χ4n) is 3.47. The number of carbonyl (C=O) groups is 2. The van der Waals surface area contributed by atoms with Crippen molar-refractivity contribution < 1.29 is 14.7 Å². The highest BCUT2D eigenvalue weighted by molar-refractivity contribution is 5.99. The van der Waals surface area contributed by atoms with Gasteiger partial charge in [-0.2, -0.15) is 0 Å². The lowest BCUT2D eigenvalue weighted by Crippen LogP contribution is -2.29. The van der Waals surface area contributed by atoms with E-state index in [4.69, 9.17) is 5.11 Å². The number of fused-ring (bicyclic) bond motifs is 1. The first kappa shape index (κ1) is 15.7. The normalized spacial score (nSPS) is 21.5. The predicted molar refractivity (Wildman–Crippen MR) is 88.3 cm³/mol. The van der Waals surface area contributed by atoms with Gasteiger partial charge in [-0.3, -0.25) is 14.4 Å². The van der Waals surface area contributed by atoms with Crippen LogP contribution in [0, 0.1) is 25.7 Å². The molecule has 130 valence electrons. The van der Waals surface area contributed by atoms with Crippen molar-refractivity contribution in [2.24, 2.45) is 11.8 Å². The molecule has 2 aromatic heterocycles. The first-order valence-corrected chi connectivity index (χ1v) is 8.35. The Kier molecular flexibility index (Phi) is 3.55. The zero-order valence-corrected chi connectivity index (χ0v) is 14.1. The second-order valence-corrected chi connectivity index (χ2v) is 6.83. The standard InChI is InChI=1S/C17H19N5O3/c1-9-10(2)15(22-7-12-5-13(12)16(22)23)18-6-11(9)3-4-21-8-14(17(24)25)19-20-21/h6,8,12-13H,3-5,7H2,1-2H3,(H,24,25)/t12-,13-/m1/s1. The van der Waals surface area contributed by atoms with Gasteiger partial charge in [0.15, 0.2) is 5.69 Å². The lowest BCUT2D eigenvalue weighted by Gasteiger charge is -2.21. The summed E-state index contributed by atoms with van der Waals surface area (Å²) in [6, 6.07) is 0. The van der Waals surface area contributed by atoms with Crippen LogP contribution in [0.15, 0.2) is 12.4 Å². The van der Waals surface area contributed by atoms with Crippen LogP contribution < -0.4 is 4.90 Å². The van der Waals surface area contributed by atoms with Crippen LogP contribution in [0.5, 0.6) is 0 Å². The molecule has 2 fully saturated rings. The van der Waals surface area contributed by atoms with Gasteiger partial charge in [-0.1, -0.05) is 5.21 Å². The first-order chi connectivity index (χ1) is 12.0. The summed E-state index contributed by atoms with van der Waals surface area (Å²) in [6.07, 6.45) is 4.93. The van der Waals surface area contributed by atoms with Gasteiger partial charge in [0.1, 0.15) is 5.82 Å². The molecule has 1 saturated heterocycles. The number of rotatable bonds is 5. The summed E-state index contributed by atoms with van der Waals surface area (Å²) in [7, 11) is 0. The third-order valence-corrected chi connectivity index (χ3v) is 5.27. The molecule has 25 heavy (non-hydrogen) atoms. The van der Waals surface area contributed by atoms with Gasteiger partial charge in [0, 0.05) is 25.2 Å². The maximum atomic E-state index is 12.3. The summed E-state index contributed by atoms with van der Waals surface area (Å²) in [6.45, 7) is 5.33.